The Labute approximate surface area is 209 Å². The number of hydrogen-bond acceptors (Lipinski definition) is 8. The molecule has 2 aromatic carbocycles. The van der Waals surface area contributed by atoms with Crippen LogP contribution in [0.1, 0.15) is 23.6 Å². The smallest absolute Gasteiger partial charge is 0.295 e. The molecule has 1 unspecified atom stereocenters. The Balaban J connectivity index is 2.13. The number of non-ortho nitro benzene ring substituents is 1. The van der Waals surface area contributed by atoms with E-state index in [0.29, 0.717) is 18.5 Å². The molecule has 1 N–H and O–H groups in total. The number of likely N-dealkylation sites (tertiary alicyclic amines) is 1. The zero-order valence-corrected chi connectivity index (χ0v) is 21.2. The van der Waals surface area contributed by atoms with E-state index in [2.05, 4.69) is 0 Å². The Morgan fingerprint density at radius 1 is 1.08 bits per heavy atom. The summed E-state index contributed by atoms with van der Waals surface area (Å²) in [5.74, 6) is -2.23. The van der Waals surface area contributed by atoms with E-state index >= 15 is 0 Å². The normalized spacial score (nSPS) is 17.8. The second-order valence-electron chi connectivity index (χ2n) is 8.81. The molecule has 1 aliphatic heterocycles. The molecule has 0 saturated carbocycles. The lowest BCUT2D eigenvalue weighted by atomic mass is 9.95. The van der Waals surface area contributed by atoms with E-state index in [1.807, 2.05) is 19.0 Å². The van der Waals surface area contributed by atoms with Gasteiger partial charge in [0, 0.05) is 38.3 Å². The van der Waals surface area contributed by atoms with Crippen molar-refractivity contribution in [1.29, 1.82) is 0 Å². The highest BCUT2D eigenvalue weighted by Gasteiger charge is 2.46. The number of sulfonamides is 1. The summed E-state index contributed by atoms with van der Waals surface area (Å²) in [5, 5.41) is 22.5. The number of nitrogens with zero attached hydrogens (tertiary/aromatic N) is 4. The van der Waals surface area contributed by atoms with Crippen LogP contribution >= 0.6 is 0 Å². The van der Waals surface area contributed by atoms with Crippen molar-refractivity contribution in [3.8, 4) is 0 Å². The van der Waals surface area contributed by atoms with Gasteiger partial charge in [0.15, 0.2) is 0 Å². The third-order valence-corrected chi connectivity index (χ3v) is 7.68. The Kier molecular flexibility index (Phi) is 7.92. The third kappa shape index (κ3) is 5.30. The van der Waals surface area contributed by atoms with E-state index in [1.165, 1.54) is 61.5 Å². The summed E-state index contributed by atoms with van der Waals surface area (Å²) in [7, 11) is 2.80. The maximum absolute atomic E-state index is 13.1. The lowest BCUT2D eigenvalue weighted by Gasteiger charge is -2.25. The van der Waals surface area contributed by atoms with Gasteiger partial charge in [-0.1, -0.05) is 12.1 Å². The molecule has 0 spiro atoms. The van der Waals surface area contributed by atoms with E-state index < -0.39 is 38.4 Å². The van der Waals surface area contributed by atoms with Crippen molar-refractivity contribution in [3.05, 3.63) is 75.3 Å². The number of Topliss-reactive ketones (excluding diaryl/α,β-unsaturated/α-hetero) is 1. The highest BCUT2D eigenvalue weighted by molar-refractivity contribution is 7.89. The fourth-order valence-electron chi connectivity index (χ4n) is 3.97. The van der Waals surface area contributed by atoms with Crippen LogP contribution in [0.2, 0.25) is 0 Å². The number of carbonyl (C=O) groups excluding carboxylic acids is 2. The topological polar surface area (TPSA) is 141 Å². The number of carbonyl (C=O) groups is 2. The van der Waals surface area contributed by atoms with Gasteiger partial charge < -0.3 is 14.9 Å². The van der Waals surface area contributed by atoms with E-state index in [-0.39, 0.29) is 28.3 Å². The van der Waals surface area contributed by atoms with Gasteiger partial charge >= 0.3 is 0 Å². The first kappa shape index (κ1) is 27.0. The van der Waals surface area contributed by atoms with Crippen molar-refractivity contribution in [1.82, 2.24) is 14.1 Å². The largest absolute Gasteiger partial charge is 0.507 e. The first-order valence-electron chi connectivity index (χ1n) is 11.1. The number of hydrogen-bond donors (Lipinski definition) is 1. The number of nitro groups is 1. The molecule has 12 heteroatoms. The molecule has 11 nitrogen and oxygen atoms in total. The molecule has 192 valence electrons. The van der Waals surface area contributed by atoms with E-state index in [1.54, 1.807) is 6.07 Å². The fourth-order valence-corrected chi connectivity index (χ4v) is 4.88. The van der Waals surface area contributed by atoms with Crippen molar-refractivity contribution in [3.63, 3.8) is 0 Å². The van der Waals surface area contributed by atoms with Gasteiger partial charge in [0.2, 0.25) is 10.0 Å². The third-order valence-electron chi connectivity index (χ3n) is 5.85. The molecule has 1 heterocycles. The van der Waals surface area contributed by atoms with Crippen LogP contribution in [0.3, 0.4) is 0 Å². The molecular formula is C24H28N4O7S. The van der Waals surface area contributed by atoms with Gasteiger partial charge in [-0.25, -0.2) is 12.7 Å². The summed E-state index contributed by atoms with van der Waals surface area (Å²) >= 11 is 0. The Hall–Kier alpha value is -3.61. The lowest BCUT2D eigenvalue weighted by Crippen LogP contribution is -2.32. The molecule has 1 amide bonds. The maximum Gasteiger partial charge on any atom is 0.295 e. The summed E-state index contributed by atoms with van der Waals surface area (Å²) in [4.78, 5) is 40.1. The van der Waals surface area contributed by atoms with E-state index in [4.69, 9.17) is 0 Å². The van der Waals surface area contributed by atoms with Gasteiger partial charge in [0.25, 0.3) is 17.4 Å². The maximum atomic E-state index is 13.1. The number of nitro benzene ring substituents is 1. The van der Waals surface area contributed by atoms with Gasteiger partial charge in [-0.15, -0.1) is 0 Å². The molecule has 3 rings (SSSR count). The van der Waals surface area contributed by atoms with Crippen molar-refractivity contribution in [2.75, 3.05) is 41.3 Å². The first-order valence-corrected chi connectivity index (χ1v) is 12.5. The summed E-state index contributed by atoms with van der Waals surface area (Å²) in [6.07, 6.45) is 0.530. The van der Waals surface area contributed by atoms with Gasteiger partial charge in [-0.05, 0) is 56.9 Å². The lowest BCUT2D eigenvalue weighted by molar-refractivity contribution is -0.384. The average molecular weight is 517 g/mol. The SMILES string of the molecule is CN(C)CCCN1C(=O)C(=O)C(=C(O)c2ccc(S(=O)(=O)N(C)C)cc2)C1c1cccc([N+](=O)[O-])c1. The number of rotatable bonds is 9. The van der Waals surface area contributed by atoms with Gasteiger partial charge in [0.1, 0.15) is 5.76 Å². The predicted octanol–water partition coefficient (Wildman–Crippen LogP) is 2.22. The summed E-state index contributed by atoms with van der Waals surface area (Å²) in [5.41, 5.74) is 0.00855. The number of benzene rings is 2. The molecule has 0 radical (unpaired) electrons. The highest BCUT2D eigenvalue weighted by atomic mass is 32.2. The molecule has 36 heavy (non-hydrogen) atoms. The van der Waals surface area contributed by atoms with Crippen LogP contribution in [0.4, 0.5) is 5.69 Å². The molecule has 1 atom stereocenters. The standard InChI is InChI=1S/C24H28N4O7S/c1-25(2)13-6-14-27-21(17-7-5-8-18(15-17)28(32)33)20(23(30)24(27)31)22(29)16-9-11-19(12-10-16)36(34,35)26(3)4/h5,7-12,15,21,29H,6,13-14H2,1-4H3. The summed E-state index contributed by atoms with van der Waals surface area (Å²) in [6, 6.07) is 9.81. The summed E-state index contributed by atoms with van der Waals surface area (Å²) < 4.78 is 25.8. The minimum atomic E-state index is -3.71. The molecule has 1 aliphatic rings. The molecule has 1 saturated heterocycles. The molecule has 1 fully saturated rings. The molecule has 0 bridgehead atoms. The highest BCUT2D eigenvalue weighted by Crippen LogP contribution is 2.40. The first-order chi connectivity index (χ1) is 16.9. The zero-order chi connectivity index (χ0) is 26.8. The molecule has 2 aromatic rings. The van der Waals surface area contributed by atoms with Crippen molar-refractivity contribution in [2.45, 2.75) is 17.4 Å². The Bertz CT molecular complexity index is 1320. The Morgan fingerprint density at radius 3 is 2.28 bits per heavy atom. The summed E-state index contributed by atoms with van der Waals surface area (Å²) in [6.45, 7) is 0.819. The van der Waals surface area contributed by atoms with Gasteiger partial charge in [0.05, 0.1) is 21.4 Å². The second-order valence-corrected chi connectivity index (χ2v) is 11.0. The van der Waals surface area contributed by atoms with Crippen LogP contribution < -0.4 is 0 Å². The average Bonchev–Trinajstić information content (AvgIpc) is 3.08. The predicted molar refractivity (Wildman–Crippen MR) is 133 cm³/mol. The van der Waals surface area contributed by atoms with Gasteiger partial charge in [-0.2, -0.15) is 0 Å². The fraction of sp³-hybridized carbons (Fsp3) is 0.333. The van der Waals surface area contributed by atoms with Crippen LogP contribution in [-0.2, 0) is 19.6 Å². The second kappa shape index (κ2) is 10.6. The number of ketones is 1. The van der Waals surface area contributed by atoms with E-state index in [0.717, 1.165) is 4.31 Å². The molecule has 0 aliphatic carbocycles. The van der Waals surface area contributed by atoms with Crippen molar-refractivity contribution in [2.24, 2.45) is 0 Å². The minimum absolute atomic E-state index is 0.0107. The minimum Gasteiger partial charge on any atom is -0.507 e. The number of amides is 1. The molecule has 0 aromatic heterocycles. The van der Waals surface area contributed by atoms with Crippen LogP contribution in [0.5, 0.6) is 0 Å². The number of aliphatic hydroxyl groups excluding tert-OH is 1. The molecular weight excluding hydrogens is 488 g/mol. The van der Waals surface area contributed by atoms with Gasteiger partial charge in [-0.3, -0.25) is 19.7 Å². The van der Waals surface area contributed by atoms with Crippen LogP contribution in [0.15, 0.2) is 59.0 Å². The zero-order valence-electron chi connectivity index (χ0n) is 20.4. The van der Waals surface area contributed by atoms with Crippen LogP contribution in [0.25, 0.3) is 5.76 Å². The monoisotopic (exact) mass is 516 g/mol. The quantitative estimate of drug-likeness (QED) is 0.176. The van der Waals surface area contributed by atoms with Crippen molar-refractivity contribution >= 4 is 33.2 Å². The Morgan fingerprint density at radius 2 is 1.72 bits per heavy atom. The van der Waals surface area contributed by atoms with Crippen molar-refractivity contribution < 1.29 is 28.0 Å². The number of aliphatic hydroxyl groups is 1. The van der Waals surface area contributed by atoms with E-state index in [9.17, 15) is 33.2 Å². The van der Waals surface area contributed by atoms with Crippen LogP contribution in [0, 0.1) is 10.1 Å². The van der Waals surface area contributed by atoms with Crippen LogP contribution in [-0.4, -0.2) is 85.5 Å².